The molecule has 2 aromatic carbocycles. The predicted molar refractivity (Wildman–Crippen MR) is 111 cm³/mol. The van der Waals surface area contributed by atoms with Crippen LogP contribution in [-0.4, -0.2) is 17.5 Å². The molecule has 1 fully saturated rings. The van der Waals surface area contributed by atoms with Crippen LogP contribution in [0.2, 0.25) is 5.02 Å². The smallest absolute Gasteiger partial charge is 0.319 e. The van der Waals surface area contributed by atoms with Crippen molar-refractivity contribution >= 4 is 46.8 Å². The molecule has 0 aromatic heterocycles. The first-order valence-electron chi connectivity index (χ1n) is 8.28. The molecule has 25 heavy (non-hydrogen) atoms. The van der Waals surface area contributed by atoms with E-state index in [2.05, 4.69) is 22.8 Å². The van der Waals surface area contributed by atoms with Gasteiger partial charge in [0.15, 0.2) is 0 Å². The van der Waals surface area contributed by atoms with E-state index in [0.717, 1.165) is 11.3 Å². The number of carbonyl (C=O) groups excluding carboxylic acids is 1. The Morgan fingerprint density at radius 1 is 1.16 bits per heavy atom. The van der Waals surface area contributed by atoms with Gasteiger partial charge in [-0.3, -0.25) is 0 Å². The molecule has 2 aromatic rings. The molecular formula is C19H21ClN2OS2. The highest BCUT2D eigenvalue weighted by atomic mass is 35.5. The molecule has 1 aliphatic rings. The van der Waals surface area contributed by atoms with E-state index in [9.17, 15) is 4.79 Å². The second-order valence-electron chi connectivity index (χ2n) is 5.93. The fourth-order valence-corrected chi connectivity index (χ4v) is 5.74. The van der Waals surface area contributed by atoms with Gasteiger partial charge in [0, 0.05) is 10.7 Å². The molecule has 2 N–H and O–H groups in total. The van der Waals surface area contributed by atoms with E-state index < -0.39 is 0 Å². The van der Waals surface area contributed by atoms with Crippen LogP contribution in [0.15, 0.2) is 48.5 Å². The number of hydrogen-bond acceptors (Lipinski definition) is 3. The Morgan fingerprint density at radius 2 is 1.92 bits per heavy atom. The lowest BCUT2D eigenvalue weighted by atomic mass is 10.1. The Labute approximate surface area is 162 Å². The topological polar surface area (TPSA) is 41.1 Å². The molecular weight excluding hydrogens is 372 g/mol. The van der Waals surface area contributed by atoms with Gasteiger partial charge in [-0.2, -0.15) is 0 Å². The van der Waals surface area contributed by atoms with Crippen molar-refractivity contribution in [3.05, 3.63) is 64.7 Å². The van der Waals surface area contributed by atoms with Gasteiger partial charge in [0.05, 0.1) is 10.6 Å². The summed E-state index contributed by atoms with van der Waals surface area (Å²) in [7, 11) is 0. The fraction of sp³-hybridized carbons (Fsp3) is 0.316. The molecule has 0 saturated carbocycles. The van der Waals surface area contributed by atoms with Gasteiger partial charge in [0.2, 0.25) is 0 Å². The summed E-state index contributed by atoms with van der Waals surface area (Å²) in [6.45, 7) is 1.94. The van der Waals surface area contributed by atoms with Crippen LogP contribution in [0.3, 0.4) is 0 Å². The van der Waals surface area contributed by atoms with Crippen molar-refractivity contribution in [1.29, 1.82) is 0 Å². The maximum absolute atomic E-state index is 12.3. The lowest BCUT2D eigenvalue weighted by Crippen LogP contribution is -2.31. The number of hydrogen-bond donors (Lipinski definition) is 2. The van der Waals surface area contributed by atoms with Crippen molar-refractivity contribution in [1.82, 2.24) is 5.32 Å². The molecule has 0 radical (unpaired) electrons. The summed E-state index contributed by atoms with van der Waals surface area (Å²) in [6.07, 6.45) is 1.27. The number of halogens is 1. The normalized spacial score (nSPS) is 16.2. The molecule has 0 aliphatic carbocycles. The summed E-state index contributed by atoms with van der Waals surface area (Å²) < 4.78 is 0.462. The number of benzene rings is 2. The average molecular weight is 393 g/mol. The number of nitrogens with one attached hydrogen (secondary N) is 2. The molecule has 1 aliphatic heterocycles. The van der Waals surface area contributed by atoms with Crippen LogP contribution >= 0.6 is 35.1 Å². The Bertz CT molecular complexity index is 735. The van der Waals surface area contributed by atoms with Crippen LogP contribution in [0, 0.1) is 0 Å². The summed E-state index contributed by atoms with van der Waals surface area (Å²) >= 11 is 9.96. The summed E-state index contributed by atoms with van der Waals surface area (Å²) in [6, 6.07) is 15.3. The first-order valence-corrected chi connectivity index (χ1v) is 10.8. The van der Waals surface area contributed by atoms with E-state index in [-0.39, 0.29) is 12.1 Å². The van der Waals surface area contributed by atoms with Gasteiger partial charge < -0.3 is 10.6 Å². The molecule has 132 valence electrons. The fourth-order valence-electron chi connectivity index (χ4n) is 2.67. The Balaban J connectivity index is 1.60. The number of urea groups is 1. The third-order valence-corrected chi connectivity index (χ3v) is 7.19. The minimum atomic E-state index is -0.214. The van der Waals surface area contributed by atoms with E-state index in [4.69, 9.17) is 11.6 Å². The van der Waals surface area contributed by atoms with Gasteiger partial charge in [-0.05, 0) is 60.2 Å². The first-order chi connectivity index (χ1) is 12.1. The van der Waals surface area contributed by atoms with Crippen molar-refractivity contribution in [2.45, 2.75) is 24.0 Å². The molecule has 3 nitrogen and oxygen atoms in total. The molecule has 0 spiro atoms. The van der Waals surface area contributed by atoms with Gasteiger partial charge in [0.1, 0.15) is 0 Å². The third-order valence-electron chi connectivity index (χ3n) is 3.94. The van der Waals surface area contributed by atoms with Crippen molar-refractivity contribution in [2.24, 2.45) is 0 Å². The van der Waals surface area contributed by atoms with Gasteiger partial charge in [-0.15, -0.1) is 23.5 Å². The van der Waals surface area contributed by atoms with Crippen LogP contribution in [-0.2, 0) is 0 Å². The SMILES string of the molecule is CC(NC(=O)Nc1cccc(C2SCCCS2)c1)c1cccc(Cl)c1. The van der Waals surface area contributed by atoms with E-state index in [1.54, 1.807) is 0 Å². The molecule has 1 atom stereocenters. The zero-order valence-electron chi connectivity index (χ0n) is 14.0. The summed E-state index contributed by atoms with van der Waals surface area (Å²) in [4.78, 5) is 12.3. The standard InChI is InChI=1S/C19H21ClN2OS2/c1-13(14-5-2-7-16(20)11-14)21-19(23)22-17-8-3-6-15(12-17)18-24-9-4-10-25-18/h2-3,5-8,11-13,18H,4,9-10H2,1H3,(H2,21,22,23). The lowest BCUT2D eigenvalue weighted by Gasteiger charge is -2.22. The van der Waals surface area contributed by atoms with Crippen LogP contribution in [0.5, 0.6) is 0 Å². The molecule has 1 unspecified atom stereocenters. The lowest BCUT2D eigenvalue weighted by molar-refractivity contribution is 0.249. The Morgan fingerprint density at radius 3 is 2.68 bits per heavy atom. The number of rotatable bonds is 4. The number of anilines is 1. The van der Waals surface area contributed by atoms with Crippen LogP contribution in [0.1, 0.15) is 35.1 Å². The minimum absolute atomic E-state index is 0.119. The first kappa shape index (κ1) is 18.5. The largest absolute Gasteiger partial charge is 0.331 e. The number of carbonyl (C=O) groups is 1. The average Bonchev–Trinajstić information content (AvgIpc) is 2.62. The quantitative estimate of drug-likeness (QED) is 0.661. The van der Waals surface area contributed by atoms with Gasteiger partial charge in [-0.1, -0.05) is 35.9 Å². The highest BCUT2D eigenvalue weighted by molar-refractivity contribution is 8.16. The molecule has 2 amide bonds. The van der Waals surface area contributed by atoms with Crippen molar-refractivity contribution in [2.75, 3.05) is 16.8 Å². The van der Waals surface area contributed by atoms with Crippen molar-refractivity contribution in [3.63, 3.8) is 0 Å². The third kappa shape index (κ3) is 5.33. The Kier molecular flexibility index (Phi) is 6.57. The van der Waals surface area contributed by atoms with Crippen molar-refractivity contribution < 1.29 is 4.79 Å². The zero-order chi connectivity index (χ0) is 17.6. The number of thioether (sulfide) groups is 2. The molecule has 1 saturated heterocycles. The van der Waals surface area contributed by atoms with E-state index in [1.807, 2.05) is 66.8 Å². The molecule has 0 bridgehead atoms. The monoisotopic (exact) mass is 392 g/mol. The van der Waals surface area contributed by atoms with Crippen LogP contribution in [0.4, 0.5) is 10.5 Å². The second-order valence-corrected chi connectivity index (χ2v) is 9.09. The van der Waals surface area contributed by atoms with Gasteiger partial charge in [-0.25, -0.2) is 4.79 Å². The van der Waals surface area contributed by atoms with E-state index in [1.165, 1.54) is 23.5 Å². The Hall–Kier alpha value is -1.30. The van der Waals surface area contributed by atoms with E-state index >= 15 is 0 Å². The highest BCUT2D eigenvalue weighted by Gasteiger charge is 2.17. The number of amides is 2. The van der Waals surface area contributed by atoms with Crippen LogP contribution in [0.25, 0.3) is 0 Å². The maximum atomic E-state index is 12.3. The predicted octanol–water partition coefficient (Wildman–Crippen LogP) is 6.09. The minimum Gasteiger partial charge on any atom is -0.331 e. The summed E-state index contributed by atoms with van der Waals surface area (Å²) in [5, 5.41) is 6.56. The maximum Gasteiger partial charge on any atom is 0.319 e. The van der Waals surface area contributed by atoms with Gasteiger partial charge in [0.25, 0.3) is 0 Å². The zero-order valence-corrected chi connectivity index (χ0v) is 16.4. The second kappa shape index (κ2) is 8.88. The molecule has 3 rings (SSSR count). The van der Waals surface area contributed by atoms with Gasteiger partial charge >= 0.3 is 6.03 Å². The van der Waals surface area contributed by atoms with Crippen molar-refractivity contribution in [3.8, 4) is 0 Å². The molecule has 6 heteroatoms. The molecule has 1 heterocycles. The highest BCUT2D eigenvalue weighted by Crippen LogP contribution is 2.44. The van der Waals surface area contributed by atoms with E-state index in [0.29, 0.717) is 9.60 Å². The van der Waals surface area contributed by atoms with Crippen LogP contribution < -0.4 is 10.6 Å². The summed E-state index contributed by atoms with van der Waals surface area (Å²) in [5.41, 5.74) is 3.06. The summed E-state index contributed by atoms with van der Waals surface area (Å²) in [5.74, 6) is 2.40.